The van der Waals surface area contributed by atoms with Crippen LogP contribution in [0.4, 0.5) is 4.39 Å². The lowest BCUT2D eigenvalue weighted by Crippen LogP contribution is -2.37. The van der Waals surface area contributed by atoms with E-state index in [2.05, 4.69) is 4.98 Å². The first-order valence-electron chi connectivity index (χ1n) is 5.31. The van der Waals surface area contributed by atoms with Gasteiger partial charge in [-0.15, -0.1) is 0 Å². The minimum absolute atomic E-state index is 0.103. The Bertz CT molecular complexity index is 664. The molecule has 0 bridgehead atoms. The number of aryl methyl sites for hydroxylation is 1. The minimum atomic E-state index is -1.13. The van der Waals surface area contributed by atoms with Gasteiger partial charge in [-0.3, -0.25) is 14.3 Å². The van der Waals surface area contributed by atoms with Crippen LogP contribution in [0.3, 0.4) is 0 Å². The topological polar surface area (TPSA) is 54.9 Å². The van der Waals surface area contributed by atoms with Gasteiger partial charge in [-0.25, -0.2) is 4.79 Å². The van der Waals surface area contributed by atoms with Crippen molar-refractivity contribution in [2.45, 2.75) is 13.0 Å². The first kappa shape index (κ1) is 12.6. The van der Waals surface area contributed by atoms with E-state index < -0.39 is 22.2 Å². The van der Waals surface area contributed by atoms with E-state index in [1.165, 1.54) is 0 Å². The molecule has 0 saturated carbocycles. The van der Waals surface area contributed by atoms with Gasteiger partial charge in [0.05, 0.1) is 0 Å². The van der Waals surface area contributed by atoms with Crippen LogP contribution in [0.25, 0.3) is 0 Å². The second-order valence-corrected chi connectivity index (χ2v) is 4.13. The monoisotopic (exact) mass is 268 g/mol. The number of aromatic nitrogens is 2. The predicted molar refractivity (Wildman–Crippen MR) is 66.4 cm³/mol. The quantitative estimate of drug-likeness (QED) is 0.859. The van der Waals surface area contributed by atoms with Gasteiger partial charge >= 0.3 is 5.69 Å². The maximum absolute atomic E-state index is 13.3. The van der Waals surface area contributed by atoms with Crippen LogP contribution in [0.2, 0.25) is 5.15 Å². The Morgan fingerprint density at radius 3 is 2.56 bits per heavy atom. The summed E-state index contributed by atoms with van der Waals surface area (Å²) in [6, 6.07) is 9.30. The summed E-state index contributed by atoms with van der Waals surface area (Å²) in [7, 11) is 0. The normalized spacial score (nSPS) is 10.6. The zero-order chi connectivity index (χ0) is 13.1. The van der Waals surface area contributed by atoms with Crippen LogP contribution in [-0.4, -0.2) is 9.55 Å². The SMILES string of the molecule is O=c1[nH]c(Cl)c(F)c(=O)n1CCc1ccccc1. The van der Waals surface area contributed by atoms with Crippen LogP contribution >= 0.6 is 11.6 Å². The van der Waals surface area contributed by atoms with Crippen molar-refractivity contribution >= 4 is 11.6 Å². The van der Waals surface area contributed by atoms with E-state index in [1.54, 1.807) is 0 Å². The third-order valence-electron chi connectivity index (χ3n) is 2.55. The molecule has 0 aliphatic heterocycles. The lowest BCUT2D eigenvalue weighted by molar-refractivity contribution is 0.539. The van der Waals surface area contributed by atoms with E-state index in [1.807, 2.05) is 30.3 Å². The number of halogens is 2. The van der Waals surface area contributed by atoms with E-state index in [9.17, 15) is 14.0 Å². The smallest absolute Gasteiger partial charge is 0.295 e. The van der Waals surface area contributed by atoms with Gasteiger partial charge in [-0.05, 0) is 12.0 Å². The summed E-state index contributed by atoms with van der Waals surface area (Å²) in [5.41, 5.74) is -0.749. The fourth-order valence-electron chi connectivity index (χ4n) is 1.61. The fourth-order valence-corrected chi connectivity index (χ4v) is 1.77. The van der Waals surface area contributed by atoms with Crippen LogP contribution < -0.4 is 11.2 Å². The van der Waals surface area contributed by atoms with Gasteiger partial charge in [0.25, 0.3) is 5.56 Å². The van der Waals surface area contributed by atoms with Gasteiger partial charge in [0.2, 0.25) is 5.82 Å². The van der Waals surface area contributed by atoms with E-state index in [4.69, 9.17) is 11.6 Å². The number of aromatic amines is 1. The van der Waals surface area contributed by atoms with E-state index >= 15 is 0 Å². The highest BCUT2D eigenvalue weighted by molar-refractivity contribution is 6.29. The van der Waals surface area contributed by atoms with Crippen LogP contribution in [0.15, 0.2) is 39.9 Å². The van der Waals surface area contributed by atoms with Crippen molar-refractivity contribution in [3.63, 3.8) is 0 Å². The maximum atomic E-state index is 13.3. The standard InChI is InChI=1S/C12H10ClFN2O2/c13-10-9(14)11(17)16(12(18)15-10)7-6-8-4-2-1-3-5-8/h1-5H,6-7H2,(H,15,18). The van der Waals surface area contributed by atoms with Gasteiger partial charge in [0, 0.05) is 6.54 Å². The summed E-state index contributed by atoms with van der Waals surface area (Å²) in [6.45, 7) is 0.103. The average molecular weight is 269 g/mol. The third-order valence-corrected chi connectivity index (χ3v) is 2.81. The summed E-state index contributed by atoms with van der Waals surface area (Å²) in [5, 5.41) is -0.555. The molecule has 94 valence electrons. The van der Waals surface area contributed by atoms with Crippen molar-refractivity contribution in [3.8, 4) is 0 Å². The predicted octanol–water partition coefficient (Wildman–Crippen LogP) is 1.57. The Morgan fingerprint density at radius 1 is 1.22 bits per heavy atom. The van der Waals surface area contributed by atoms with Crippen LogP contribution in [-0.2, 0) is 13.0 Å². The van der Waals surface area contributed by atoms with Gasteiger partial charge in [-0.2, -0.15) is 4.39 Å². The molecular formula is C12H10ClFN2O2. The molecule has 18 heavy (non-hydrogen) atoms. The Balaban J connectivity index is 2.28. The molecule has 0 saturated heterocycles. The summed E-state index contributed by atoms with van der Waals surface area (Å²) in [5.74, 6) is -1.13. The molecule has 1 N–H and O–H groups in total. The summed E-state index contributed by atoms with van der Waals surface area (Å²) < 4.78 is 14.1. The van der Waals surface area contributed by atoms with Crippen molar-refractivity contribution in [3.05, 3.63) is 67.7 Å². The van der Waals surface area contributed by atoms with Crippen LogP contribution in [0, 0.1) is 5.82 Å². The molecule has 0 fully saturated rings. The molecular weight excluding hydrogens is 259 g/mol. The Morgan fingerprint density at radius 2 is 1.89 bits per heavy atom. The first-order valence-corrected chi connectivity index (χ1v) is 5.69. The molecule has 4 nitrogen and oxygen atoms in total. The zero-order valence-electron chi connectivity index (χ0n) is 9.32. The van der Waals surface area contributed by atoms with Gasteiger partial charge < -0.3 is 0 Å². The van der Waals surface area contributed by atoms with Crippen molar-refractivity contribution in [2.75, 3.05) is 0 Å². The molecule has 2 aromatic rings. The number of hydrogen-bond donors (Lipinski definition) is 1. The van der Waals surface area contributed by atoms with Crippen LogP contribution in [0.1, 0.15) is 5.56 Å². The fraction of sp³-hybridized carbons (Fsp3) is 0.167. The summed E-state index contributed by atoms with van der Waals surface area (Å²) in [6.07, 6.45) is 0.463. The highest BCUT2D eigenvalue weighted by Gasteiger charge is 2.11. The lowest BCUT2D eigenvalue weighted by Gasteiger charge is -2.05. The molecule has 2 rings (SSSR count). The van der Waals surface area contributed by atoms with Crippen molar-refractivity contribution in [2.24, 2.45) is 0 Å². The van der Waals surface area contributed by atoms with E-state index in [-0.39, 0.29) is 6.54 Å². The Labute approximate surface area is 107 Å². The second kappa shape index (κ2) is 5.18. The highest BCUT2D eigenvalue weighted by atomic mass is 35.5. The number of benzene rings is 1. The number of nitrogens with one attached hydrogen (secondary N) is 1. The molecule has 1 aromatic carbocycles. The first-order chi connectivity index (χ1) is 8.59. The van der Waals surface area contributed by atoms with E-state index in [0.717, 1.165) is 10.1 Å². The minimum Gasteiger partial charge on any atom is -0.295 e. The molecule has 1 aromatic heterocycles. The average Bonchev–Trinajstić information content (AvgIpc) is 2.37. The van der Waals surface area contributed by atoms with Crippen molar-refractivity contribution in [1.82, 2.24) is 9.55 Å². The molecule has 0 aliphatic rings. The lowest BCUT2D eigenvalue weighted by atomic mass is 10.1. The zero-order valence-corrected chi connectivity index (χ0v) is 10.1. The Hall–Kier alpha value is -1.88. The molecule has 1 heterocycles. The largest absolute Gasteiger partial charge is 0.329 e. The van der Waals surface area contributed by atoms with Gasteiger partial charge in [0.1, 0.15) is 0 Å². The molecule has 0 aliphatic carbocycles. The number of rotatable bonds is 3. The molecule has 0 spiro atoms. The van der Waals surface area contributed by atoms with E-state index in [0.29, 0.717) is 6.42 Å². The maximum Gasteiger partial charge on any atom is 0.329 e. The highest BCUT2D eigenvalue weighted by Crippen LogP contribution is 2.03. The number of H-pyrrole nitrogens is 1. The Kier molecular flexibility index (Phi) is 3.62. The molecule has 0 radical (unpaired) electrons. The van der Waals surface area contributed by atoms with Crippen molar-refractivity contribution in [1.29, 1.82) is 0 Å². The summed E-state index contributed by atoms with van der Waals surface area (Å²) >= 11 is 5.36. The molecule has 0 amide bonds. The summed E-state index contributed by atoms with van der Waals surface area (Å²) in [4.78, 5) is 25.1. The van der Waals surface area contributed by atoms with Gasteiger partial charge in [0.15, 0.2) is 5.15 Å². The number of hydrogen-bond acceptors (Lipinski definition) is 2. The van der Waals surface area contributed by atoms with Gasteiger partial charge in [-0.1, -0.05) is 41.9 Å². The molecule has 0 atom stereocenters. The number of nitrogens with zero attached hydrogens (tertiary/aromatic N) is 1. The second-order valence-electron chi connectivity index (χ2n) is 3.75. The molecule has 0 unspecified atom stereocenters. The van der Waals surface area contributed by atoms with Crippen molar-refractivity contribution < 1.29 is 4.39 Å². The molecule has 6 heteroatoms. The van der Waals surface area contributed by atoms with Crippen LogP contribution in [0.5, 0.6) is 0 Å². The third kappa shape index (κ3) is 2.51.